The fourth-order valence-electron chi connectivity index (χ4n) is 6.15. The lowest BCUT2D eigenvalue weighted by molar-refractivity contribution is -0.182. The molecule has 2 bridgehead atoms. The standard InChI is InChI=1S/C24H32ClNO5/c1-4-5-13-30-19-8-6-7-17-14-20-24(29-3)10-9-18(27)15-23(24,21(17)19)11-12-26(20)22(28)31-16(2)25/h6-8,16,20H,4-5,9-15H2,1-3H3/t16?,20-,23-,24-/m1/s1. The molecule has 4 rings (SSSR count). The molecule has 3 aliphatic rings. The van der Waals surface area contributed by atoms with Gasteiger partial charge in [-0.3, -0.25) is 4.79 Å². The normalized spacial score (nSPS) is 30.3. The van der Waals surface area contributed by atoms with Crippen molar-refractivity contribution in [2.45, 2.75) is 81.4 Å². The van der Waals surface area contributed by atoms with E-state index in [1.54, 1.807) is 18.9 Å². The minimum Gasteiger partial charge on any atom is -0.493 e. The van der Waals surface area contributed by atoms with Crippen molar-refractivity contribution in [2.24, 2.45) is 0 Å². The number of hydrogen-bond donors (Lipinski definition) is 0. The van der Waals surface area contributed by atoms with Gasteiger partial charge in [0.2, 0.25) is 0 Å². The van der Waals surface area contributed by atoms with Crippen LogP contribution in [0.3, 0.4) is 0 Å². The zero-order chi connectivity index (χ0) is 22.2. The van der Waals surface area contributed by atoms with Crippen molar-refractivity contribution in [3.8, 4) is 5.75 Å². The van der Waals surface area contributed by atoms with Crippen molar-refractivity contribution in [2.75, 3.05) is 20.3 Å². The highest BCUT2D eigenvalue weighted by Crippen LogP contribution is 2.61. The Labute approximate surface area is 189 Å². The van der Waals surface area contributed by atoms with Crippen molar-refractivity contribution in [3.63, 3.8) is 0 Å². The maximum atomic E-state index is 12.9. The van der Waals surface area contributed by atoms with E-state index >= 15 is 0 Å². The second-order valence-corrected chi connectivity index (χ2v) is 9.59. The molecule has 170 valence electrons. The van der Waals surface area contributed by atoms with E-state index in [4.69, 9.17) is 25.8 Å². The summed E-state index contributed by atoms with van der Waals surface area (Å²) in [6.07, 6.45) is 4.31. The first-order chi connectivity index (χ1) is 14.9. The van der Waals surface area contributed by atoms with Crippen molar-refractivity contribution in [1.82, 2.24) is 4.90 Å². The number of fused-ring (bicyclic) bond motifs is 1. The smallest absolute Gasteiger partial charge is 0.411 e. The van der Waals surface area contributed by atoms with E-state index in [9.17, 15) is 9.59 Å². The van der Waals surface area contributed by atoms with Gasteiger partial charge in [-0.25, -0.2) is 4.79 Å². The number of piperidine rings is 1. The third-order valence-electron chi connectivity index (χ3n) is 7.40. The van der Waals surface area contributed by atoms with Crippen LogP contribution < -0.4 is 4.74 Å². The van der Waals surface area contributed by atoms with Gasteiger partial charge in [0.1, 0.15) is 11.5 Å². The monoisotopic (exact) mass is 449 g/mol. The van der Waals surface area contributed by atoms with E-state index in [2.05, 4.69) is 13.0 Å². The summed E-state index contributed by atoms with van der Waals surface area (Å²) in [6.45, 7) is 4.91. The van der Waals surface area contributed by atoms with Gasteiger partial charge in [0.25, 0.3) is 0 Å². The molecule has 1 amide bonds. The van der Waals surface area contributed by atoms with Crippen LogP contribution >= 0.6 is 11.6 Å². The molecule has 0 aromatic heterocycles. The fourth-order valence-corrected chi connectivity index (χ4v) is 6.22. The van der Waals surface area contributed by atoms with Crippen LogP contribution in [0.15, 0.2) is 18.2 Å². The van der Waals surface area contributed by atoms with E-state index in [-0.39, 0.29) is 11.8 Å². The molecule has 0 radical (unpaired) electrons. The molecule has 1 unspecified atom stereocenters. The summed E-state index contributed by atoms with van der Waals surface area (Å²) in [4.78, 5) is 27.5. The summed E-state index contributed by atoms with van der Waals surface area (Å²) >= 11 is 5.95. The van der Waals surface area contributed by atoms with Gasteiger partial charge in [-0.15, -0.1) is 0 Å². The number of halogens is 1. The van der Waals surface area contributed by atoms with E-state index in [0.717, 1.165) is 29.7 Å². The molecule has 1 saturated carbocycles. The Bertz CT molecular complexity index is 858. The lowest BCUT2D eigenvalue weighted by atomic mass is 9.49. The number of hydrogen-bond acceptors (Lipinski definition) is 5. The Hall–Kier alpha value is -1.79. The second-order valence-electron chi connectivity index (χ2n) is 8.97. The highest BCUT2D eigenvalue weighted by molar-refractivity contribution is 6.19. The number of alkyl halides is 1. The predicted octanol–water partition coefficient (Wildman–Crippen LogP) is 4.59. The zero-order valence-electron chi connectivity index (χ0n) is 18.6. The molecule has 0 spiro atoms. The fraction of sp³-hybridized carbons (Fsp3) is 0.667. The van der Waals surface area contributed by atoms with Crippen molar-refractivity contribution >= 4 is 23.5 Å². The third-order valence-corrected chi connectivity index (χ3v) is 7.49. The number of unbranched alkanes of at least 4 members (excludes halogenated alkanes) is 1. The molecular weight excluding hydrogens is 418 g/mol. The second kappa shape index (κ2) is 8.62. The zero-order valence-corrected chi connectivity index (χ0v) is 19.4. The average Bonchev–Trinajstić information content (AvgIpc) is 2.72. The summed E-state index contributed by atoms with van der Waals surface area (Å²) in [6, 6.07) is 5.88. The number of benzene rings is 1. The van der Waals surface area contributed by atoms with Crippen LogP contribution in [0.2, 0.25) is 0 Å². The number of rotatable bonds is 6. The summed E-state index contributed by atoms with van der Waals surface area (Å²) in [5.74, 6) is 1.10. The molecule has 1 aliphatic heterocycles. The number of carbonyl (C=O) groups excluding carboxylic acids is 2. The van der Waals surface area contributed by atoms with Crippen LogP contribution in [0.4, 0.5) is 4.79 Å². The number of likely N-dealkylation sites (tertiary alicyclic amines) is 1. The molecule has 1 saturated heterocycles. The first-order valence-electron chi connectivity index (χ1n) is 11.3. The lowest BCUT2D eigenvalue weighted by Crippen LogP contribution is -2.74. The van der Waals surface area contributed by atoms with E-state index in [0.29, 0.717) is 45.3 Å². The SMILES string of the molecule is CCCCOc1cccc2c1[C@]13CCN(C(=O)OC(C)Cl)[C@H](C2)[C@]1(OC)CCC(=O)C3. The largest absolute Gasteiger partial charge is 0.493 e. The van der Waals surface area contributed by atoms with Gasteiger partial charge in [0.15, 0.2) is 5.56 Å². The Morgan fingerprint density at radius 2 is 2.16 bits per heavy atom. The van der Waals surface area contributed by atoms with Crippen molar-refractivity contribution < 1.29 is 23.8 Å². The molecule has 2 aliphatic carbocycles. The van der Waals surface area contributed by atoms with E-state index in [1.807, 2.05) is 12.1 Å². The minimum atomic E-state index is -0.708. The van der Waals surface area contributed by atoms with Gasteiger partial charge in [-0.05, 0) is 44.2 Å². The van der Waals surface area contributed by atoms with Gasteiger partial charge in [0, 0.05) is 37.5 Å². The Kier molecular flexibility index (Phi) is 6.23. The van der Waals surface area contributed by atoms with Crippen LogP contribution in [-0.2, 0) is 26.1 Å². The molecule has 1 aromatic carbocycles. The quantitative estimate of drug-likeness (QED) is 0.469. The number of amides is 1. The third kappa shape index (κ3) is 3.52. The molecule has 0 N–H and O–H groups in total. The molecule has 6 nitrogen and oxygen atoms in total. The molecular formula is C24H32ClNO5. The molecule has 1 heterocycles. The molecule has 2 fully saturated rings. The summed E-state index contributed by atoms with van der Waals surface area (Å²) in [7, 11) is 1.71. The van der Waals surface area contributed by atoms with Gasteiger partial charge in [0.05, 0.1) is 18.2 Å². The Morgan fingerprint density at radius 1 is 1.35 bits per heavy atom. The topological polar surface area (TPSA) is 65.1 Å². The van der Waals surface area contributed by atoms with Gasteiger partial charge < -0.3 is 19.1 Å². The predicted molar refractivity (Wildman–Crippen MR) is 118 cm³/mol. The number of nitrogens with zero attached hydrogens (tertiary/aromatic N) is 1. The number of ketones is 1. The number of methoxy groups -OCH3 is 1. The van der Waals surface area contributed by atoms with Crippen LogP contribution in [0.5, 0.6) is 5.75 Å². The summed E-state index contributed by atoms with van der Waals surface area (Å²) in [5, 5.41) is 0. The Balaban J connectivity index is 1.84. The first-order valence-corrected chi connectivity index (χ1v) is 11.8. The van der Waals surface area contributed by atoms with Gasteiger partial charge in [-0.1, -0.05) is 37.1 Å². The highest BCUT2D eigenvalue weighted by atomic mass is 35.5. The molecule has 7 heteroatoms. The van der Waals surface area contributed by atoms with Gasteiger partial charge >= 0.3 is 6.09 Å². The van der Waals surface area contributed by atoms with Crippen LogP contribution in [0.1, 0.15) is 63.5 Å². The molecule has 1 aromatic rings. The van der Waals surface area contributed by atoms with Crippen LogP contribution in [-0.4, -0.2) is 54.2 Å². The van der Waals surface area contributed by atoms with Gasteiger partial charge in [-0.2, -0.15) is 0 Å². The van der Waals surface area contributed by atoms with E-state index < -0.39 is 22.7 Å². The lowest BCUT2D eigenvalue weighted by Gasteiger charge is -2.64. The Morgan fingerprint density at radius 3 is 2.87 bits per heavy atom. The average molecular weight is 450 g/mol. The summed E-state index contributed by atoms with van der Waals surface area (Å²) in [5.41, 5.74) is 0.348. The molecule has 4 atom stereocenters. The maximum absolute atomic E-state index is 12.9. The summed E-state index contributed by atoms with van der Waals surface area (Å²) < 4.78 is 17.9. The van der Waals surface area contributed by atoms with E-state index in [1.165, 1.54) is 0 Å². The number of carbonyl (C=O) groups is 2. The van der Waals surface area contributed by atoms with Crippen LogP contribution in [0.25, 0.3) is 0 Å². The maximum Gasteiger partial charge on any atom is 0.411 e. The first kappa shape index (κ1) is 22.4. The highest BCUT2D eigenvalue weighted by Gasteiger charge is 2.67. The number of ether oxygens (including phenoxy) is 3. The van der Waals surface area contributed by atoms with Crippen molar-refractivity contribution in [3.05, 3.63) is 29.3 Å². The molecule has 31 heavy (non-hydrogen) atoms. The van der Waals surface area contributed by atoms with Crippen molar-refractivity contribution in [1.29, 1.82) is 0 Å². The number of Topliss-reactive ketones (excluding diaryl/α,β-unsaturated/α-hetero) is 1. The minimum absolute atomic E-state index is 0.222. The van der Waals surface area contributed by atoms with Crippen LogP contribution in [0, 0.1) is 0 Å².